The molecule has 5 heteroatoms. The van der Waals surface area contributed by atoms with Crippen LogP contribution in [-0.2, 0) is 11.2 Å². The lowest BCUT2D eigenvalue weighted by molar-refractivity contribution is 0.200. The number of anilines is 1. The molecule has 1 atom stereocenters. The minimum atomic E-state index is -0.0463. The molecular weight excluding hydrogens is 214 g/mol. The van der Waals surface area contributed by atoms with Gasteiger partial charge in [-0.05, 0) is 6.42 Å². The van der Waals surface area contributed by atoms with E-state index in [-0.39, 0.29) is 5.38 Å². The van der Waals surface area contributed by atoms with E-state index < -0.39 is 0 Å². The Bertz CT molecular complexity index is 296. The first-order chi connectivity index (χ1) is 7.26. The number of alkyl halides is 1. The summed E-state index contributed by atoms with van der Waals surface area (Å²) >= 11 is 5.97. The Morgan fingerprint density at radius 2 is 2.33 bits per heavy atom. The summed E-state index contributed by atoms with van der Waals surface area (Å²) in [6.45, 7) is 3.22. The topological polar surface area (TPSA) is 47.0 Å². The van der Waals surface area contributed by atoms with E-state index in [2.05, 4.69) is 22.2 Å². The molecule has 4 nitrogen and oxygen atoms in total. The predicted molar refractivity (Wildman–Crippen MR) is 61.4 cm³/mol. The van der Waals surface area contributed by atoms with E-state index in [4.69, 9.17) is 16.3 Å². The van der Waals surface area contributed by atoms with Gasteiger partial charge in [-0.25, -0.2) is 9.97 Å². The largest absolute Gasteiger partial charge is 0.383 e. The first-order valence-corrected chi connectivity index (χ1v) is 5.37. The SMILES string of the molecule is CCc1cc(NCC(Cl)COC)ncn1. The summed E-state index contributed by atoms with van der Waals surface area (Å²) < 4.78 is 4.93. The minimum absolute atomic E-state index is 0.0463. The summed E-state index contributed by atoms with van der Waals surface area (Å²) in [6, 6.07) is 1.93. The number of nitrogens with zero attached hydrogens (tertiary/aromatic N) is 2. The van der Waals surface area contributed by atoms with Gasteiger partial charge in [-0.2, -0.15) is 0 Å². The second-order valence-electron chi connectivity index (χ2n) is 3.18. The smallest absolute Gasteiger partial charge is 0.129 e. The molecule has 1 aromatic rings. The van der Waals surface area contributed by atoms with Crippen LogP contribution in [0.25, 0.3) is 0 Å². The van der Waals surface area contributed by atoms with E-state index in [1.807, 2.05) is 6.07 Å². The van der Waals surface area contributed by atoms with Crippen LogP contribution in [0.1, 0.15) is 12.6 Å². The van der Waals surface area contributed by atoms with Crippen molar-refractivity contribution in [1.29, 1.82) is 0 Å². The summed E-state index contributed by atoms with van der Waals surface area (Å²) in [5, 5.41) is 3.09. The Labute approximate surface area is 95.0 Å². The molecule has 1 heterocycles. The lowest BCUT2D eigenvalue weighted by Crippen LogP contribution is -2.19. The van der Waals surface area contributed by atoms with E-state index in [0.717, 1.165) is 17.9 Å². The lowest BCUT2D eigenvalue weighted by Gasteiger charge is -2.10. The van der Waals surface area contributed by atoms with Crippen LogP contribution in [0.3, 0.4) is 0 Å². The van der Waals surface area contributed by atoms with Crippen molar-refractivity contribution >= 4 is 17.4 Å². The first kappa shape index (κ1) is 12.2. The Morgan fingerprint density at radius 3 is 3.00 bits per heavy atom. The zero-order chi connectivity index (χ0) is 11.1. The Morgan fingerprint density at radius 1 is 1.53 bits per heavy atom. The van der Waals surface area contributed by atoms with Gasteiger partial charge in [0.15, 0.2) is 0 Å². The van der Waals surface area contributed by atoms with Crippen molar-refractivity contribution in [3.05, 3.63) is 18.1 Å². The van der Waals surface area contributed by atoms with Crippen LogP contribution >= 0.6 is 11.6 Å². The van der Waals surface area contributed by atoms with Crippen LogP contribution in [0.15, 0.2) is 12.4 Å². The van der Waals surface area contributed by atoms with Crippen LogP contribution in [0.2, 0.25) is 0 Å². The maximum absolute atomic E-state index is 5.97. The molecule has 84 valence electrons. The Kier molecular flexibility index (Phi) is 5.36. The number of nitrogens with one attached hydrogen (secondary N) is 1. The van der Waals surface area contributed by atoms with Crippen molar-refractivity contribution in [1.82, 2.24) is 9.97 Å². The number of halogens is 1. The van der Waals surface area contributed by atoms with Crippen LogP contribution in [0.5, 0.6) is 0 Å². The number of aryl methyl sites for hydroxylation is 1. The zero-order valence-electron chi connectivity index (χ0n) is 9.03. The van der Waals surface area contributed by atoms with Crippen molar-refractivity contribution in [3.8, 4) is 0 Å². The minimum Gasteiger partial charge on any atom is -0.383 e. The lowest BCUT2D eigenvalue weighted by atomic mass is 10.3. The third kappa shape index (κ3) is 4.44. The van der Waals surface area contributed by atoms with E-state index >= 15 is 0 Å². The maximum Gasteiger partial charge on any atom is 0.129 e. The van der Waals surface area contributed by atoms with Crippen LogP contribution in [-0.4, -0.2) is 35.6 Å². The monoisotopic (exact) mass is 229 g/mol. The third-order valence-electron chi connectivity index (χ3n) is 1.94. The molecule has 15 heavy (non-hydrogen) atoms. The summed E-state index contributed by atoms with van der Waals surface area (Å²) in [5.74, 6) is 0.809. The number of hydrogen-bond acceptors (Lipinski definition) is 4. The molecule has 0 fully saturated rings. The van der Waals surface area contributed by atoms with Crippen LogP contribution in [0, 0.1) is 0 Å². The quantitative estimate of drug-likeness (QED) is 0.755. The van der Waals surface area contributed by atoms with Gasteiger partial charge in [-0.3, -0.25) is 0 Å². The van der Waals surface area contributed by atoms with Gasteiger partial charge in [-0.15, -0.1) is 11.6 Å². The highest BCUT2D eigenvalue weighted by atomic mass is 35.5. The van der Waals surface area contributed by atoms with Gasteiger partial charge in [-0.1, -0.05) is 6.92 Å². The number of rotatable bonds is 6. The average molecular weight is 230 g/mol. The number of ether oxygens (including phenoxy) is 1. The molecule has 1 N–H and O–H groups in total. The average Bonchev–Trinajstić information content (AvgIpc) is 2.27. The molecule has 0 aliphatic rings. The molecule has 0 aromatic carbocycles. The normalized spacial score (nSPS) is 12.5. The van der Waals surface area contributed by atoms with Crippen molar-refractivity contribution in [3.63, 3.8) is 0 Å². The van der Waals surface area contributed by atoms with Gasteiger partial charge in [0.2, 0.25) is 0 Å². The fraction of sp³-hybridized carbons (Fsp3) is 0.600. The van der Waals surface area contributed by atoms with Crippen molar-refractivity contribution in [2.45, 2.75) is 18.7 Å². The van der Waals surface area contributed by atoms with E-state index in [1.165, 1.54) is 0 Å². The second kappa shape index (κ2) is 6.58. The van der Waals surface area contributed by atoms with Gasteiger partial charge in [0, 0.05) is 25.4 Å². The molecule has 0 aliphatic carbocycles. The number of methoxy groups -OCH3 is 1. The van der Waals surface area contributed by atoms with E-state index in [0.29, 0.717) is 13.2 Å². The molecule has 1 unspecified atom stereocenters. The van der Waals surface area contributed by atoms with Gasteiger partial charge in [0.05, 0.1) is 12.0 Å². The predicted octanol–water partition coefficient (Wildman–Crippen LogP) is 1.70. The molecular formula is C10H16ClN3O. The maximum atomic E-state index is 5.97. The van der Waals surface area contributed by atoms with Crippen molar-refractivity contribution in [2.75, 3.05) is 25.6 Å². The fourth-order valence-electron chi connectivity index (χ4n) is 1.14. The fourth-order valence-corrected chi connectivity index (χ4v) is 1.35. The molecule has 0 aliphatic heterocycles. The van der Waals surface area contributed by atoms with Gasteiger partial charge >= 0.3 is 0 Å². The molecule has 0 saturated carbocycles. The van der Waals surface area contributed by atoms with Gasteiger partial charge < -0.3 is 10.1 Å². The Balaban J connectivity index is 2.43. The van der Waals surface area contributed by atoms with Gasteiger partial charge in [0.25, 0.3) is 0 Å². The highest BCUT2D eigenvalue weighted by Crippen LogP contribution is 2.05. The summed E-state index contributed by atoms with van der Waals surface area (Å²) in [6.07, 6.45) is 2.46. The number of hydrogen-bond donors (Lipinski definition) is 1. The molecule has 1 aromatic heterocycles. The second-order valence-corrected chi connectivity index (χ2v) is 3.80. The standard InChI is InChI=1S/C10H16ClN3O/c1-3-9-4-10(14-7-13-9)12-5-8(11)6-15-2/h4,7-8H,3,5-6H2,1-2H3,(H,12,13,14). The van der Waals surface area contributed by atoms with Crippen LogP contribution < -0.4 is 5.32 Å². The van der Waals surface area contributed by atoms with Crippen molar-refractivity contribution < 1.29 is 4.74 Å². The third-order valence-corrected chi connectivity index (χ3v) is 2.22. The van der Waals surface area contributed by atoms with Crippen molar-refractivity contribution in [2.24, 2.45) is 0 Å². The molecule has 0 amide bonds. The molecule has 0 saturated heterocycles. The molecule has 0 spiro atoms. The zero-order valence-corrected chi connectivity index (χ0v) is 9.79. The summed E-state index contributed by atoms with van der Waals surface area (Å²) in [4.78, 5) is 8.21. The highest BCUT2D eigenvalue weighted by Gasteiger charge is 2.04. The molecule has 0 radical (unpaired) electrons. The summed E-state index contributed by atoms with van der Waals surface area (Å²) in [5.41, 5.74) is 1.02. The van der Waals surface area contributed by atoms with E-state index in [9.17, 15) is 0 Å². The Hall–Kier alpha value is -0.870. The first-order valence-electron chi connectivity index (χ1n) is 4.94. The van der Waals surface area contributed by atoms with Gasteiger partial charge in [0.1, 0.15) is 12.1 Å². The molecule has 0 bridgehead atoms. The molecule has 1 rings (SSSR count). The summed E-state index contributed by atoms with van der Waals surface area (Å²) in [7, 11) is 1.63. The van der Waals surface area contributed by atoms with E-state index in [1.54, 1.807) is 13.4 Å². The number of aromatic nitrogens is 2. The highest BCUT2D eigenvalue weighted by molar-refractivity contribution is 6.21. The van der Waals surface area contributed by atoms with Crippen LogP contribution in [0.4, 0.5) is 5.82 Å².